The third-order valence-corrected chi connectivity index (χ3v) is 6.70. The molecule has 1 atom stereocenters. The molecule has 0 aliphatic heterocycles. The lowest BCUT2D eigenvalue weighted by Crippen LogP contribution is -2.17. The first kappa shape index (κ1) is 12.2. The van der Waals surface area contributed by atoms with Crippen LogP contribution < -0.4 is 0 Å². The Labute approximate surface area is 113 Å². The van der Waals surface area contributed by atoms with Gasteiger partial charge in [0.15, 0.2) is 0 Å². The molecule has 1 unspecified atom stereocenters. The van der Waals surface area contributed by atoms with Gasteiger partial charge in [-0.25, -0.2) is 0 Å². The highest BCUT2D eigenvalue weighted by Gasteiger charge is 2.37. The summed E-state index contributed by atoms with van der Waals surface area (Å²) < 4.78 is 1.77. The van der Waals surface area contributed by atoms with E-state index in [4.69, 9.17) is 23.2 Å². The van der Waals surface area contributed by atoms with Gasteiger partial charge >= 0.3 is 0 Å². The van der Waals surface area contributed by atoms with Crippen molar-refractivity contribution in [3.8, 4) is 0 Å². The maximum absolute atomic E-state index is 6.57. The van der Waals surface area contributed by atoms with E-state index in [1.807, 2.05) is 0 Å². The fourth-order valence-electron chi connectivity index (χ4n) is 2.27. The summed E-state index contributed by atoms with van der Waals surface area (Å²) in [6.45, 7) is 2.29. The molecule has 4 heteroatoms. The summed E-state index contributed by atoms with van der Waals surface area (Å²) in [6, 6.07) is 2.06. The molecule has 1 saturated carbocycles. The molecule has 1 heterocycles. The highest BCUT2D eigenvalue weighted by molar-refractivity contribution is 9.10. The quantitative estimate of drug-likeness (QED) is 0.582. The second-order valence-corrected chi connectivity index (χ2v) is 7.47. The van der Waals surface area contributed by atoms with E-state index in [0.717, 1.165) is 8.81 Å². The Hall–Kier alpha value is 0.760. The van der Waals surface area contributed by atoms with Gasteiger partial charge in [-0.05, 0) is 40.3 Å². The molecule has 0 aromatic carbocycles. The van der Waals surface area contributed by atoms with Gasteiger partial charge in [-0.15, -0.1) is 22.9 Å². The minimum Gasteiger partial charge on any atom is -0.126 e. The Kier molecular flexibility index (Phi) is 3.71. The Bertz CT molecular complexity index is 336. The van der Waals surface area contributed by atoms with Crippen LogP contribution in [0.25, 0.3) is 0 Å². The second kappa shape index (κ2) is 4.56. The van der Waals surface area contributed by atoms with E-state index in [2.05, 4.69) is 28.9 Å². The van der Waals surface area contributed by atoms with Crippen molar-refractivity contribution >= 4 is 50.5 Å². The molecule has 0 amide bonds. The number of alkyl halides is 1. The number of hydrogen-bond donors (Lipinski definition) is 0. The largest absolute Gasteiger partial charge is 0.126 e. The van der Waals surface area contributed by atoms with E-state index in [1.54, 1.807) is 11.3 Å². The molecule has 1 fully saturated rings. The van der Waals surface area contributed by atoms with Gasteiger partial charge in [-0.3, -0.25) is 0 Å². The molecule has 0 N–H and O–H groups in total. The van der Waals surface area contributed by atoms with Crippen LogP contribution in [0.5, 0.6) is 0 Å². The summed E-state index contributed by atoms with van der Waals surface area (Å²) in [5.74, 6) is 0. The molecule has 0 nitrogen and oxygen atoms in total. The van der Waals surface area contributed by atoms with Crippen LogP contribution in [0.2, 0.25) is 4.34 Å². The molecule has 0 bridgehead atoms. The van der Waals surface area contributed by atoms with Crippen molar-refractivity contribution in [3.63, 3.8) is 0 Å². The molecule has 0 spiro atoms. The first-order valence-corrected chi connectivity index (χ1v) is 7.54. The molecule has 84 valence electrons. The van der Waals surface area contributed by atoms with Crippen LogP contribution in [0, 0.1) is 5.41 Å². The Morgan fingerprint density at radius 2 is 2.07 bits per heavy atom. The number of halogens is 3. The van der Waals surface area contributed by atoms with Gasteiger partial charge in [0, 0.05) is 9.35 Å². The highest BCUT2D eigenvalue weighted by Crippen LogP contribution is 2.53. The van der Waals surface area contributed by atoms with Crippen LogP contribution >= 0.6 is 50.5 Å². The van der Waals surface area contributed by atoms with Gasteiger partial charge in [-0.2, -0.15) is 0 Å². The zero-order valence-corrected chi connectivity index (χ0v) is 12.4. The Morgan fingerprint density at radius 1 is 1.47 bits per heavy atom. The third kappa shape index (κ3) is 2.38. The summed E-state index contributed by atoms with van der Waals surface area (Å²) in [5, 5.41) is 0.105. The highest BCUT2D eigenvalue weighted by atomic mass is 79.9. The van der Waals surface area contributed by atoms with Gasteiger partial charge < -0.3 is 0 Å². The average Bonchev–Trinajstić information content (AvgIpc) is 2.75. The SMILES string of the molecule is CC1(C(Cl)c2cc(Br)c(Cl)s2)CCCC1. The Balaban J connectivity index is 2.23. The smallest absolute Gasteiger partial charge is 0.107 e. The van der Waals surface area contributed by atoms with Crippen molar-refractivity contribution in [2.75, 3.05) is 0 Å². The third-order valence-electron chi connectivity index (χ3n) is 3.27. The van der Waals surface area contributed by atoms with Crippen molar-refractivity contribution in [3.05, 3.63) is 19.8 Å². The summed E-state index contributed by atoms with van der Waals surface area (Å²) in [4.78, 5) is 1.19. The van der Waals surface area contributed by atoms with Gasteiger partial charge in [0.1, 0.15) is 4.34 Å². The first-order valence-electron chi connectivity index (χ1n) is 5.12. The van der Waals surface area contributed by atoms with E-state index < -0.39 is 0 Å². The van der Waals surface area contributed by atoms with Crippen molar-refractivity contribution < 1.29 is 0 Å². The zero-order valence-electron chi connectivity index (χ0n) is 8.53. The van der Waals surface area contributed by atoms with Crippen LogP contribution in [0.1, 0.15) is 42.9 Å². The maximum atomic E-state index is 6.57. The molecule has 15 heavy (non-hydrogen) atoms. The molecule has 1 aromatic rings. The topological polar surface area (TPSA) is 0 Å². The van der Waals surface area contributed by atoms with Gasteiger partial charge in [-0.1, -0.05) is 31.4 Å². The first-order chi connectivity index (χ1) is 7.03. The van der Waals surface area contributed by atoms with Crippen LogP contribution in [0.4, 0.5) is 0 Å². The van der Waals surface area contributed by atoms with Crippen LogP contribution in [-0.2, 0) is 0 Å². The minimum absolute atomic E-state index is 0.105. The van der Waals surface area contributed by atoms with Crippen molar-refractivity contribution in [1.82, 2.24) is 0 Å². The predicted octanol–water partition coefficient (Wildman–Crippen LogP) is 6.02. The molecular weight excluding hydrogens is 315 g/mol. The van der Waals surface area contributed by atoms with E-state index in [9.17, 15) is 0 Å². The van der Waals surface area contributed by atoms with E-state index in [0.29, 0.717) is 0 Å². The summed E-state index contributed by atoms with van der Waals surface area (Å²) >= 11 is 17.6. The van der Waals surface area contributed by atoms with Crippen molar-refractivity contribution in [1.29, 1.82) is 0 Å². The summed E-state index contributed by atoms with van der Waals surface area (Å²) in [5.41, 5.74) is 0.259. The molecular formula is C11H13BrCl2S. The molecule has 2 rings (SSSR count). The normalized spacial score (nSPS) is 21.9. The molecule has 1 aliphatic rings. The molecule has 0 saturated heterocycles. The van der Waals surface area contributed by atoms with Crippen molar-refractivity contribution in [2.24, 2.45) is 5.41 Å². The van der Waals surface area contributed by atoms with Crippen LogP contribution in [0.15, 0.2) is 10.5 Å². The number of hydrogen-bond acceptors (Lipinski definition) is 1. The molecule has 1 aromatic heterocycles. The Morgan fingerprint density at radius 3 is 2.53 bits per heavy atom. The number of rotatable bonds is 2. The summed E-state index contributed by atoms with van der Waals surface area (Å²) in [7, 11) is 0. The van der Waals surface area contributed by atoms with E-state index in [-0.39, 0.29) is 10.8 Å². The predicted molar refractivity (Wildman–Crippen MR) is 72.2 cm³/mol. The van der Waals surface area contributed by atoms with Crippen molar-refractivity contribution in [2.45, 2.75) is 38.0 Å². The minimum atomic E-state index is 0.105. The standard InChI is InChI=1S/C11H13BrCl2S/c1-11(4-2-3-5-11)9(13)8-6-7(12)10(14)15-8/h6,9H,2-5H2,1H3. The summed E-state index contributed by atoms with van der Waals surface area (Å²) in [6.07, 6.45) is 5.07. The maximum Gasteiger partial charge on any atom is 0.107 e. The van der Waals surface area contributed by atoms with Gasteiger partial charge in [0.05, 0.1) is 5.38 Å². The number of thiophene rings is 1. The van der Waals surface area contributed by atoms with Crippen LogP contribution in [0.3, 0.4) is 0 Å². The van der Waals surface area contributed by atoms with Crippen LogP contribution in [-0.4, -0.2) is 0 Å². The lowest BCUT2D eigenvalue weighted by molar-refractivity contribution is 0.324. The molecule has 1 aliphatic carbocycles. The lowest BCUT2D eigenvalue weighted by Gasteiger charge is -2.28. The average molecular weight is 328 g/mol. The second-order valence-electron chi connectivity index (χ2n) is 4.49. The van der Waals surface area contributed by atoms with Gasteiger partial charge in [0.2, 0.25) is 0 Å². The fourth-order valence-corrected chi connectivity index (χ4v) is 4.57. The van der Waals surface area contributed by atoms with Gasteiger partial charge in [0.25, 0.3) is 0 Å². The monoisotopic (exact) mass is 326 g/mol. The zero-order chi connectivity index (χ0) is 11.1. The molecule has 0 radical (unpaired) electrons. The van der Waals surface area contributed by atoms with E-state index >= 15 is 0 Å². The fraction of sp³-hybridized carbons (Fsp3) is 0.636. The van der Waals surface area contributed by atoms with E-state index in [1.165, 1.54) is 30.6 Å². The lowest BCUT2D eigenvalue weighted by atomic mass is 9.84.